The van der Waals surface area contributed by atoms with E-state index in [4.69, 9.17) is 0 Å². The molecule has 1 aliphatic rings. The summed E-state index contributed by atoms with van der Waals surface area (Å²) < 4.78 is 1.35. The third-order valence-electron chi connectivity index (χ3n) is 5.00. The van der Waals surface area contributed by atoms with Crippen LogP contribution in [0.3, 0.4) is 0 Å². The molecule has 2 N–H and O–H groups in total. The van der Waals surface area contributed by atoms with Crippen LogP contribution in [0.1, 0.15) is 40.6 Å². The number of fused-ring (bicyclic) bond motifs is 3. The van der Waals surface area contributed by atoms with Crippen LogP contribution in [0.2, 0.25) is 0 Å². The Labute approximate surface area is 171 Å². The van der Waals surface area contributed by atoms with Crippen LogP contribution in [0.15, 0.2) is 35.4 Å². The molecule has 0 unspecified atom stereocenters. The molecule has 0 radical (unpaired) electrons. The Hall–Kier alpha value is -3.00. The van der Waals surface area contributed by atoms with Crippen molar-refractivity contribution in [3.8, 4) is 0 Å². The Morgan fingerprint density at radius 1 is 1.24 bits per heavy atom. The largest absolute Gasteiger partial charge is 0.352 e. The highest BCUT2D eigenvalue weighted by atomic mass is 32.1. The molecule has 0 fully saturated rings. The third-order valence-corrected chi connectivity index (χ3v) is 6.20. The second-order valence-electron chi connectivity index (χ2n) is 7.06. The van der Waals surface area contributed by atoms with E-state index in [0.717, 1.165) is 36.1 Å². The lowest BCUT2D eigenvalue weighted by Crippen LogP contribution is -2.28. The number of aryl methyl sites for hydroxylation is 2. The van der Waals surface area contributed by atoms with E-state index in [1.165, 1.54) is 15.8 Å². The van der Waals surface area contributed by atoms with Crippen LogP contribution in [0.25, 0.3) is 10.2 Å². The zero-order valence-electron chi connectivity index (χ0n) is 16.2. The summed E-state index contributed by atoms with van der Waals surface area (Å²) in [5.74, 6) is -0.540. The lowest BCUT2D eigenvalue weighted by atomic mass is 9.97. The summed E-state index contributed by atoms with van der Waals surface area (Å²) in [7, 11) is 0. The zero-order chi connectivity index (χ0) is 20.4. The van der Waals surface area contributed by atoms with Gasteiger partial charge >= 0.3 is 0 Å². The first-order valence-electron chi connectivity index (χ1n) is 9.74. The number of benzene rings is 1. The summed E-state index contributed by atoms with van der Waals surface area (Å²) in [6.45, 7) is 2.24. The molecule has 7 nitrogen and oxygen atoms in total. The summed E-state index contributed by atoms with van der Waals surface area (Å²) in [4.78, 5) is 43.8. The van der Waals surface area contributed by atoms with Crippen molar-refractivity contribution in [3.05, 3.63) is 57.0 Å². The number of aromatic nitrogens is 2. The van der Waals surface area contributed by atoms with Crippen LogP contribution in [0.5, 0.6) is 0 Å². The molecule has 0 saturated carbocycles. The number of anilines is 1. The molecule has 0 bridgehead atoms. The topological polar surface area (TPSA) is 93.1 Å². The Kier molecular flexibility index (Phi) is 5.44. The molecular formula is C21H22N4O3S. The summed E-state index contributed by atoms with van der Waals surface area (Å²) >= 11 is 1.59. The minimum absolute atomic E-state index is 0.127. The van der Waals surface area contributed by atoms with Crippen LogP contribution in [-0.4, -0.2) is 27.9 Å². The lowest BCUT2D eigenvalue weighted by Gasteiger charge is -2.11. The summed E-state index contributed by atoms with van der Waals surface area (Å²) in [5, 5.41) is 6.15. The number of carbonyl (C=O) groups excluding carboxylic acids is 2. The van der Waals surface area contributed by atoms with E-state index in [-0.39, 0.29) is 23.9 Å². The SMILES string of the molecule is CCNC(=O)c1cccc(NC(=O)Cn2cnc3sc4c(c3c2=O)CCCC4)c1. The van der Waals surface area contributed by atoms with Crippen molar-refractivity contribution in [3.63, 3.8) is 0 Å². The van der Waals surface area contributed by atoms with Gasteiger partial charge in [-0.2, -0.15) is 0 Å². The minimum atomic E-state index is -0.342. The Morgan fingerprint density at radius 3 is 2.90 bits per heavy atom. The molecule has 0 saturated heterocycles. The van der Waals surface area contributed by atoms with Crippen LogP contribution >= 0.6 is 11.3 Å². The van der Waals surface area contributed by atoms with Crippen molar-refractivity contribution < 1.29 is 9.59 Å². The molecule has 0 spiro atoms. The fraction of sp³-hybridized carbons (Fsp3) is 0.333. The van der Waals surface area contributed by atoms with E-state index in [9.17, 15) is 14.4 Å². The lowest BCUT2D eigenvalue weighted by molar-refractivity contribution is -0.116. The second-order valence-corrected chi connectivity index (χ2v) is 8.14. The first-order valence-corrected chi connectivity index (χ1v) is 10.6. The normalized spacial score (nSPS) is 13.1. The minimum Gasteiger partial charge on any atom is -0.352 e. The first kappa shape index (κ1) is 19.3. The molecular weight excluding hydrogens is 388 g/mol. The van der Waals surface area contributed by atoms with E-state index in [0.29, 0.717) is 23.2 Å². The van der Waals surface area contributed by atoms with Crippen molar-refractivity contribution in [1.29, 1.82) is 0 Å². The van der Waals surface area contributed by atoms with E-state index >= 15 is 0 Å². The average molecular weight is 410 g/mol. The van der Waals surface area contributed by atoms with Crippen molar-refractivity contribution in [2.45, 2.75) is 39.2 Å². The number of thiophene rings is 1. The standard InChI is InChI=1S/C21H22N4O3S/c1-2-22-19(27)13-6-5-7-14(10-13)24-17(26)11-25-12-23-20-18(21(25)28)15-8-3-4-9-16(15)29-20/h5-7,10,12H,2-4,8-9,11H2,1H3,(H,22,27)(H,24,26). The molecule has 0 aliphatic heterocycles. The molecule has 150 valence electrons. The van der Waals surface area contributed by atoms with Gasteiger partial charge in [0.2, 0.25) is 5.91 Å². The van der Waals surface area contributed by atoms with Crippen molar-refractivity contribution in [1.82, 2.24) is 14.9 Å². The molecule has 29 heavy (non-hydrogen) atoms. The van der Waals surface area contributed by atoms with Gasteiger partial charge in [-0.25, -0.2) is 4.98 Å². The Balaban J connectivity index is 1.54. The van der Waals surface area contributed by atoms with E-state index in [1.54, 1.807) is 35.6 Å². The van der Waals surface area contributed by atoms with Gasteiger partial charge in [0.05, 0.1) is 11.7 Å². The fourth-order valence-corrected chi connectivity index (χ4v) is 4.87. The quantitative estimate of drug-likeness (QED) is 0.676. The van der Waals surface area contributed by atoms with Crippen molar-refractivity contribution in [2.75, 3.05) is 11.9 Å². The summed E-state index contributed by atoms with van der Waals surface area (Å²) in [5.41, 5.74) is 1.92. The van der Waals surface area contributed by atoms with Gasteiger partial charge in [0.15, 0.2) is 0 Å². The number of nitrogens with zero attached hydrogens (tertiary/aromatic N) is 2. The number of carbonyl (C=O) groups is 2. The van der Waals surface area contributed by atoms with Gasteiger partial charge in [-0.05, 0) is 56.4 Å². The monoisotopic (exact) mass is 410 g/mol. The van der Waals surface area contributed by atoms with Crippen LogP contribution in [0.4, 0.5) is 5.69 Å². The second kappa shape index (κ2) is 8.16. The molecule has 2 aromatic heterocycles. The number of hydrogen-bond acceptors (Lipinski definition) is 5. The third kappa shape index (κ3) is 3.93. The number of rotatable bonds is 5. The maximum atomic E-state index is 13.0. The maximum absolute atomic E-state index is 13.0. The van der Waals surface area contributed by atoms with Crippen molar-refractivity contribution in [2.24, 2.45) is 0 Å². The highest BCUT2D eigenvalue weighted by Gasteiger charge is 2.20. The van der Waals surface area contributed by atoms with E-state index in [2.05, 4.69) is 15.6 Å². The molecule has 4 rings (SSSR count). The van der Waals surface area contributed by atoms with Gasteiger partial charge in [-0.1, -0.05) is 6.07 Å². The maximum Gasteiger partial charge on any atom is 0.262 e. The highest BCUT2D eigenvalue weighted by Crippen LogP contribution is 2.33. The van der Waals surface area contributed by atoms with Gasteiger partial charge in [-0.3, -0.25) is 19.0 Å². The highest BCUT2D eigenvalue weighted by molar-refractivity contribution is 7.18. The fourth-order valence-electron chi connectivity index (χ4n) is 3.65. The molecule has 1 aliphatic carbocycles. The van der Waals surface area contributed by atoms with E-state index in [1.807, 2.05) is 6.92 Å². The van der Waals surface area contributed by atoms with E-state index < -0.39 is 0 Å². The number of nitrogens with one attached hydrogen (secondary N) is 2. The van der Waals surface area contributed by atoms with Gasteiger partial charge in [0, 0.05) is 22.7 Å². The van der Waals surface area contributed by atoms with Crippen molar-refractivity contribution >= 4 is 39.1 Å². The van der Waals surface area contributed by atoms with Gasteiger partial charge < -0.3 is 10.6 Å². The summed E-state index contributed by atoms with van der Waals surface area (Å²) in [6, 6.07) is 6.71. The zero-order valence-corrected chi connectivity index (χ0v) is 17.0. The molecule has 0 atom stereocenters. The first-order chi connectivity index (χ1) is 14.1. The van der Waals surface area contributed by atoms with Crippen LogP contribution in [-0.2, 0) is 24.2 Å². The smallest absolute Gasteiger partial charge is 0.262 e. The molecule has 8 heteroatoms. The molecule has 3 aromatic rings. The predicted molar refractivity (Wildman–Crippen MR) is 114 cm³/mol. The summed E-state index contributed by atoms with van der Waals surface area (Å²) in [6.07, 6.45) is 5.56. The van der Waals surface area contributed by atoms with Gasteiger partial charge in [0.1, 0.15) is 11.4 Å². The number of hydrogen-bond donors (Lipinski definition) is 2. The predicted octanol–water partition coefficient (Wildman–Crippen LogP) is 2.73. The number of amides is 2. The molecule has 1 aromatic carbocycles. The average Bonchev–Trinajstić information content (AvgIpc) is 3.10. The van der Waals surface area contributed by atoms with Crippen LogP contribution < -0.4 is 16.2 Å². The molecule has 2 heterocycles. The van der Waals surface area contributed by atoms with Crippen LogP contribution in [0, 0.1) is 0 Å². The molecule has 2 amide bonds. The Morgan fingerprint density at radius 2 is 2.07 bits per heavy atom. The van der Waals surface area contributed by atoms with Gasteiger partial charge in [-0.15, -0.1) is 11.3 Å². The van der Waals surface area contributed by atoms with Gasteiger partial charge in [0.25, 0.3) is 11.5 Å². The Bertz CT molecular complexity index is 1150.